The monoisotopic (exact) mass is 520 g/mol. The van der Waals surface area contributed by atoms with Gasteiger partial charge in [-0.15, -0.1) is 11.3 Å². The second kappa shape index (κ2) is 10.5. The lowest BCUT2D eigenvalue weighted by Gasteiger charge is -2.30. The van der Waals surface area contributed by atoms with Crippen LogP contribution in [-0.4, -0.2) is 60.8 Å². The maximum absolute atomic E-state index is 13.2. The fourth-order valence-electron chi connectivity index (χ4n) is 4.89. The number of amides is 1. The van der Waals surface area contributed by atoms with Crippen molar-refractivity contribution in [2.45, 2.75) is 31.0 Å². The molecule has 1 amide bonds. The van der Waals surface area contributed by atoms with Gasteiger partial charge in [-0.3, -0.25) is 4.79 Å². The van der Waals surface area contributed by atoms with Crippen molar-refractivity contribution in [2.75, 3.05) is 40.1 Å². The van der Waals surface area contributed by atoms with E-state index in [-0.39, 0.29) is 11.7 Å². The summed E-state index contributed by atoms with van der Waals surface area (Å²) in [7, 11) is 5.34. The van der Waals surface area contributed by atoms with Gasteiger partial charge in [0.1, 0.15) is 11.1 Å². The van der Waals surface area contributed by atoms with Gasteiger partial charge in [-0.2, -0.15) is 5.26 Å². The van der Waals surface area contributed by atoms with E-state index in [0.717, 1.165) is 53.2 Å². The molecular formula is C27H28N4O3S2. The van der Waals surface area contributed by atoms with Gasteiger partial charge in [0.25, 0.3) is 0 Å². The molecule has 0 spiro atoms. The Labute approximate surface area is 219 Å². The number of nitriles is 1. The largest absolute Gasteiger partial charge is 0.493 e. The molecule has 3 aromatic rings. The van der Waals surface area contributed by atoms with E-state index in [4.69, 9.17) is 14.5 Å². The van der Waals surface area contributed by atoms with E-state index in [1.807, 2.05) is 28.5 Å². The van der Waals surface area contributed by atoms with Gasteiger partial charge in [0.15, 0.2) is 11.5 Å². The van der Waals surface area contributed by atoms with Crippen LogP contribution < -0.4 is 9.47 Å². The average molecular weight is 521 g/mol. The second-order valence-electron chi connectivity index (χ2n) is 9.00. The number of fused-ring (bicyclic) bond motifs is 2. The zero-order valence-corrected chi connectivity index (χ0v) is 22.3. The Morgan fingerprint density at radius 3 is 2.64 bits per heavy atom. The second-order valence-corrected chi connectivity index (χ2v) is 10.9. The summed E-state index contributed by atoms with van der Waals surface area (Å²) in [5.74, 6) is 1.67. The molecule has 0 saturated carbocycles. The lowest BCUT2D eigenvalue weighted by atomic mass is 9.96. The van der Waals surface area contributed by atoms with E-state index in [1.165, 1.54) is 17.3 Å². The van der Waals surface area contributed by atoms with E-state index in [0.29, 0.717) is 35.2 Å². The van der Waals surface area contributed by atoms with Crippen LogP contribution >= 0.6 is 23.1 Å². The van der Waals surface area contributed by atoms with Crippen molar-refractivity contribution in [3.05, 3.63) is 57.6 Å². The predicted octanol–water partition coefficient (Wildman–Crippen LogP) is 4.36. The molecule has 4 heterocycles. The third-order valence-corrected chi connectivity index (χ3v) is 8.64. The first-order valence-electron chi connectivity index (χ1n) is 11.8. The Morgan fingerprint density at radius 2 is 1.94 bits per heavy atom. The van der Waals surface area contributed by atoms with Crippen LogP contribution in [0.5, 0.6) is 11.5 Å². The van der Waals surface area contributed by atoms with Crippen LogP contribution in [0.15, 0.2) is 34.7 Å². The number of thiophene rings is 1. The molecule has 2 aliphatic rings. The van der Waals surface area contributed by atoms with Crippen LogP contribution in [0.4, 0.5) is 0 Å². The van der Waals surface area contributed by atoms with Gasteiger partial charge in [0.2, 0.25) is 5.91 Å². The number of carbonyl (C=O) groups excluding carboxylic acids is 1. The number of likely N-dealkylation sites (N-methyl/N-ethyl adjacent to an activating group) is 1. The van der Waals surface area contributed by atoms with Gasteiger partial charge in [0, 0.05) is 48.7 Å². The summed E-state index contributed by atoms with van der Waals surface area (Å²) in [6, 6.07) is 10.4. The molecule has 0 radical (unpaired) electrons. The zero-order chi connectivity index (χ0) is 25.2. The normalized spacial score (nSPS) is 15.1. The van der Waals surface area contributed by atoms with Crippen molar-refractivity contribution in [3.63, 3.8) is 0 Å². The van der Waals surface area contributed by atoms with Gasteiger partial charge >= 0.3 is 0 Å². The highest BCUT2D eigenvalue weighted by atomic mass is 32.2. The molecule has 1 aromatic carbocycles. The Bertz CT molecular complexity index is 1330. The molecule has 0 fully saturated rings. The molecule has 2 aromatic heterocycles. The summed E-state index contributed by atoms with van der Waals surface area (Å²) in [4.78, 5) is 23.4. The number of nitrogens with zero attached hydrogens (tertiary/aromatic N) is 4. The highest BCUT2D eigenvalue weighted by Crippen LogP contribution is 2.39. The number of methoxy groups -OCH3 is 2. The van der Waals surface area contributed by atoms with Crippen molar-refractivity contribution in [3.8, 4) is 28.0 Å². The van der Waals surface area contributed by atoms with Gasteiger partial charge in [-0.05, 0) is 53.7 Å². The number of aromatic nitrogens is 1. The zero-order valence-electron chi connectivity index (χ0n) is 20.7. The average Bonchev–Trinajstić information content (AvgIpc) is 3.44. The van der Waals surface area contributed by atoms with Gasteiger partial charge in [-0.1, -0.05) is 17.8 Å². The van der Waals surface area contributed by atoms with E-state index in [9.17, 15) is 10.1 Å². The Balaban J connectivity index is 1.38. The number of hydrogen-bond acceptors (Lipinski definition) is 8. The molecule has 186 valence electrons. The lowest BCUT2D eigenvalue weighted by molar-refractivity contribution is -0.129. The quantitative estimate of drug-likeness (QED) is 0.447. The molecule has 7 nitrogen and oxygen atoms in total. The molecule has 0 atom stereocenters. The molecule has 0 bridgehead atoms. The minimum Gasteiger partial charge on any atom is -0.493 e. The van der Waals surface area contributed by atoms with Crippen LogP contribution in [0.3, 0.4) is 0 Å². The van der Waals surface area contributed by atoms with Crippen molar-refractivity contribution >= 4 is 29.0 Å². The number of thioether (sulfide) groups is 1. The minimum absolute atomic E-state index is 0.0428. The standard InChI is InChI=1S/C27H28N4O3S2/c1-30-8-7-21-20(15-30)26(24-5-4-10-35-24)19(13-28)27(29-21)36-16-25(32)31-9-6-17-11-22(33-2)23(34-3)12-18(17)14-31/h4-5,10-12H,6-9,14-16H2,1-3H3. The predicted molar refractivity (Wildman–Crippen MR) is 142 cm³/mol. The van der Waals surface area contributed by atoms with E-state index in [2.05, 4.69) is 24.1 Å². The number of ether oxygens (including phenoxy) is 2. The summed E-state index contributed by atoms with van der Waals surface area (Å²) < 4.78 is 10.9. The number of carbonyl (C=O) groups is 1. The van der Waals surface area contributed by atoms with Crippen LogP contribution in [0.1, 0.15) is 27.9 Å². The number of benzene rings is 1. The Morgan fingerprint density at radius 1 is 1.17 bits per heavy atom. The third-order valence-electron chi connectivity index (χ3n) is 6.79. The number of hydrogen-bond donors (Lipinski definition) is 0. The van der Waals surface area contributed by atoms with E-state index < -0.39 is 0 Å². The van der Waals surface area contributed by atoms with Crippen LogP contribution in [0.2, 0.25) is 0 Å². The lowest BCUT2D eigenvalue weighted by Crippen LogP contribution is -2.37. The highest BCUT2D eigenvalue weighted by molar-refractivity contribution is 8.00. The summed E-state index contributed by atoms with van der Waals surface area (Å²) in [5.41, 5.74) is 5.98. The number of rotatable bonds is 6. The van der Waals surface area contributed by atoms with Crippen LogP contribution in [-0.2, 0) is 30.7 Å². The van der Waals surface area contributed by atoms with Gasteiger partial charge in [0.05, 0.1) is 25.5 Å². The van der Waals surface area contributed by atoms with Crippen molar-refractivity contribution < 1.29 is 14.3 Å². The molecule has 0 saturated heterocycles. The summed E-state index contributed by atoms with van der Waals surface area (Å²) in [6.07, 6.45) is 1.61. The molecule has 2 aliphatic heterocycles. The van der Waals surface area contributed by atoms with Crippen molar-refractivity contribution in [1.82, 2.24) is 14.8 Å². The smallest absolute Gasteiger partial charge is 0.233 e. The van der Waals surface area contributed by atoms with E-state index >= 15 is 0 Å². The molecule has 9 heteroatoms. The Kier molecular flexibility index (Phi) is 7.19. The summed E-state index contributed by atoms with van der Waals surface area (Å²) in [5, 5.41) is 12.8. The Hall–Kier alpha value is -3.06. The van der Waals surface area contributed by atoms with Crippen LogP contribution in [0.25, 0.3) is 10.4 Å². The first kappa shape index (κ1) is 24.6. The van der Waals surface area contributed by atoms with E-state index in [1.54, 1.807) is 25.6 Å². The van der Waals surface area contributed by atoms with Crippen LogP contribution in [0, 0.1) is 11.3 Å². The van der Waals surface area contributed by atoms with Gasteiger partial charge in [-0.25, -0.2) is 4.98 Å². The third kappa shape index (κ3) is 4.69. The minimum atomic E-state index is 0.0428. The van der Waals surface area contributed by atoms with Gasteiger partial charge < -0.3 is 19.3 Å². The summed E-state index contributed by atoms with van der Waals surface area (Å²) in [6.45, 7) is 2.89. The first-order chi connectivity index (χ1) is 17.5. The number of pyridine rings is 1. The molecule has 5 rings (SSSR count). The fourth-order valence-corrected chi connectivity index (χ4v) is 6.60. The maximum atomic E-state index is 13.2. The summed E-state index contributed by atoms with van der Waals surface area (Å²) >= 11 is 3.01. The maximum Gasteiger partial charge on any atom is 0.233 e. The molecule has 0 unspecified atom stereocenters. The fraction of sp³-hybridized carbons (Fsp3) is 0.370. The van der Waals surface area contributed by atoms with Crippen molar-refractivity contribution in [1.29, 1.82) is 5.26 Å². The first-order valence-corrected chi connectivity index (χ1v) is 13.7. The topological polar surface area (TPSA) is 78.7 Å². The molecule has 0 aliphatic carbocycles. The molecule has 36 heavy (non-hydrogen) atoms. The highest BCUT2D eigenvalue weighted by Gasteiger charge is 2.27. The molecule has 0 N–H and O–H groups in total. The molecular weight excluding hydrogens is 492 g/mol. The van der Waals surface area contributed by atoms with Crippen molar-refractivity contribution in [2.24, 2.45) is 0 Å². The SMILES string of the molecule is COc1cc2c(cc1OC)CN(C(=O)CSc1nc3c(c(-c4cccs4)c1C#N)CN(C)CC3)CC2.